The van der Waals surface area contributed by atoms with Crippen molar-refractivity contribution in [3.63, 3.8) is 0 Å². The van der Waals surface area contributed by atoms with E-state index in [2.05, 4.69) is 12.2 Å². The molecule has 1 unspecified atom stereocenters. The molecule has 0 bridgehead atoms. The van der Waals surface area contributed by atoms with Crippen LogP contribution in [0.3, 0.4) is 0 Å². The summed E-state index contributed by atoms with van der Waals surface area (Å²) in [6.07, 6.45) is 1.78. The normalized spacial score (nSPS) is 12.3. The van der Waals surface area contributed by atoms with Crippen LogP contribution < -0.4 is 5.32 Å². The summed E-state index contributed by atoms with van der Waals surface area (Å²) in [5, 5.41) is 3.45. The average Bonchev–Trinajstić information content (AvgIpc) is 2.47. The number of rotatable bonds is 6. The quantitative estimate of drug-likeness (QED) is 0.831. The molecule has 1 N–H and O–H groups in total. The van der Waals surface area contributed by atoms with Gasteiger partial charge in [0.1, 0.15) is 11.6 Å². The second-order valence-corrected chi connectivity index (χ2v) is 4.84. The topological polar surface area (TPSA) is 12.0 Å². The third kappa shape index (κ3) is 4.14. The van der Waals surface area contributed by atoms with E-state index < -0.39 is 0 Å². The maximum Gasteiger partial charge on any atom is 0.123 e. The molecule has 0 aliphatic carbocycles. The molecular formula is C17H19F2N. The molecule has 20 heavy (non-hydrogen) atoms. The van der Waals surface area contributed by atoms with Gasteiger partial charge >= 0.3 is 0 Å². The molecule has 0 heterocycles. The van der Waals surface area contributed by atoms with Crippen molar-refractivity contribution in [2.75, 3.05) is 6.54 Å². The van der Waals surface area contributed by atoms with E-state index >= 15 is 0 Å². The monoisotopic (exact) mass is 275 g/mol. The zero-order valence-corrected chi connectivity index (χ0v) is 11.6. The highest BCUT2D eigenvalue weighted by atomic mass is 19.1. The van der Waals surface area contributed by atoms with Crippen molar-refractivity contribution in [3.8, 4) is 0 Å². The SMILES string of the molecule is CCC(NCCc1ccc(F)cc1)c1ccc(F)cc1. The summed E-state index contributed by atoms with van der Waals surface area (Å²) in [4.78, 5) is 0. The van der Waals surface area contributed by atoms with Gasteiger partial charge in [-0.15, -0.1) is 0 Å². The summed E-state index contributed by atoms with van der Waals surface area (Å²) in [6.45, 7) is 2.90. The van der Waals surface area contributed by atoms with Gasteiger partial charge in [0.15, 0.2) is 0 Å². The molecule has 0 saturated heterocycles. The smallest absolute Gasteiger partial charge is 0.123 e. The van der Waals surface area contributed by atoms with Gasteiger partial charge in [0.25, 0.3) is 0 Å². The van der Waals surface area contributed by atoms with Crippen LogP contribution in [0.5, 0.6) is 0 Å². The first kappa shape index (κ1) is 14.7. The van der Waals surface area contributed by atoms with Crippen LogP contribution >= 0.6 is 0 Å². The maximum atomic E-state index is 12.9. The first-order valence-corrected chi connectivity index (χ1v) is 6.92. The number of nitrogens with one attached hydrogen (secondary N) is 1. The molecule has 0 spiro atoms. The van der Waals surface area contributed by atoms with E-state index in [0.717, 1.165) is 30.5 Å². The fraction of sp³-hybridized carbons (Fsp3) is 0.294. The molecule has 3 heteroatoms. The Morgan fingerprint density at radius 2 is 1.45 bits per heavy atom. The fourth-order valence-electron chi connectivity index (χ4n) is 2.23. The Morgan fingerprint density at radius 3 is 2.00 bits per heavy atom. The highest BCUT2D eigenvalue weighted by molar-refractivity contribution is 5.20. The minimum atomic E-state index is -0.213. The summed E-state index contributed by atoms with van der Waals surface area (Å²) in [5.74, 6) is -0.422. The van der Waals surface area contributed by atoms with Crippen LogP contribution in [-0.4, -0.2) is 6.54 Å². The maximum absolute atomic E-state index is 12.9. The second kappa shape index (κ2) is 7.15. The summed E-state index contributed by atoms with van der Waals surface area (Å²) < 4.78 is 25.7. The minimum absolute atomic E-state index is 0.209. The Balaban J connectivity index is 1.87. The molecule has 0 aliphatic rings. The van der Waals surface area contributed by atoms with Gasteiger partial charge in [-0.1, -0.05) is 31.2 Å². The van der Waals surface area contributed by atoms with Crippen LogP contribution in [0.25, 0.3) is 0 Å². The zero-order chi connectivity index (χ0) is 14.4. The van der Waals surface area contributed by atoms with Crippen molar-refractivity contribution in [2.45, 2.75) is 25.8 Å². The number of hydrogen-bond donors (Lipinski definition) is 1. The lowest BCUT2D eigenvalue weighted by atomic mass is 10.0. The van der Waals surface area contributed by atoms with Crippen LogP contribution in [0, 0.1) is 11.6 Å². The lowest BCUT2D eigenvalue weighted by Gasteiger charge is -2.17. The van der Waals surface area contributed by atoms with Gasteiger partial charge in [-0.2, -0.15) is 0 Å². The van der Waals surface area contributed by atoms with E-state index in [1.165, 1.54) is 24.3 Å². The van der Waals surface area contributed by atoms with Crippen LogP contribution in [-0.2, 0) is 6.42 Å². The van der Waals surface area contributed by atoms with Gasteiger partial charge in [0.05, 0.1) is 0 Å². The standard InChI is InChI=1S/C17H19F2N/c1-2-17(14-5-9-16(19)10-6-14)20-12-11-13-3-7-15(18)8-4-13/h3-10,17,20H,2,11-12H2,1H3. The first-order chi connectivity index (χ1) is 9.69. The molecular weight excluding hydrogens is 256 g/mol. The van der Waals surface area contributed by atoms with Gasteiger partial charge in [0.2, 0.25) is 0 Å². The van der Waals surface area contributed by atoms with E-state index in [4.69, 9.17) is 0 Å². The zero-order valence-electron chi connectivity index (χ0n) is 11.6. The lowest BCUT2D eigenvalue weighted by molar-refractivity contribution is 0.521. The van der Waals surface area contributed by atoms with Gasteiger partial charge in [0, 0.05) is 6.04 Å². The lowest BCUT2D eigenvalue weighted by Crippen LogP contribution is -2.23. The summed E-state index contributed by atoms with van der Waals surface area (Å²) in [7, 11) is 0. The fourth-order valence-corrected chi connectivity index (χ4v) is 2.23. The average molecular weight is 275 g/mol. The van der Waals surface area contributed by atoms with Crippen LogP contribution in [0.2, 0.25) is 0 Å². The molecule has 0 aromatic heterocycles. The summed E-state index contributed by atoms with van der Waals surface area (Å²) >= 11 is 0. The van der Waals surface area contributed by atoms with E-state index in [0.29, 0.717) is 0 Å². The molecule has 1 atom stereocenters. The van der Waals surface area contributed by atoms with Gasteiger partial charge in [-0.3, -0.25) is 0 Å². The molecule has 2 rings (SSSR count). The predicted octanol–water partition coefficient (Wildman–Crippen LogP) is 4.25. The van der Waals surface area contributed by atoms with E-state index in [-0.39, 0.29) is 17.7 Å². The molecule has 0 fully saturated rings. The number of benzene rings is 2. The first-order valence-electron chi connectivity index (χ1n) is 6.92. The minimum Gasteiger partial charge on any atom is -0.310 e. The second-order valence-electron chi connectivity index (χ2n) is 4.84. The molecule has 106 valence electrons. The van der Waals surface area contributed by atoms with E-state index in [1.54, 1.807) is 12.1 Å². The molecule has 1 nitrogen and oxygen atoms in total. The van der Waals surface area contributed by atoms with Gasteiger partial charge < -0.3 is 5.32 Å². The molecule has 2 aromatic carbocycles. The van der Waals surface area contributed by atoms with Gasteiger partial charge in [-0.05, 0) is 54.8 Å². The Hall–Kier alpha value is -1.74. The summed E-state index contributed by atoms with van der Waals surface area (Å²) in [5.41, 5.74) is 2.20. The van der Waals surface area contributed by atoms with Crippen molar-refractivity contribution in [1.29, 1.82) is 0 Å². The molecule has 0 saturated carbocycles. The van der Waals surface area contributed by atoms with Gasteiger partial charge in [-0.25, -0.2) is 8.78 Å². The Kier molecular flexibility index (Phi) is 5.24. The van der Waals surface area contributed by atoms with Crippen molar-refractivity contribution >= 4 is 0 Å². The van der Waals surface area contributed by atoms with Crippen molar-refractivity contribution < 1.29 is 8.78 Å². The largest absolute Gasteiger partial charge is 0.310 e. The van der Waals surface area contributed by atoms with Crippen LogP contribution in [0.15, 0.2) is 48.5 Å². The van der Waals surface area contributed by atoms with E-state index in [9.17, 15) is 8.78 Å². The van der Waals surface area contributed by atoms with E-state index in [1.807, 2.05) is 12.1 Å². The van der Waals surface area contributed by atoms with Crippen molar-refractivity contribution in [3.05, 3.63) is 71.3 Å². The Labute approximate surface area is 118 Å². The molecule has 2 aromatic rings. The van der Waals surface area contributed by atoms with Crippen LogP contribution in [0.4, 0.5) is 8.78 Å². The number of halogens is 2. The highest BCUT2D eigenvalue weighted by Crippen LogP contribution is 2.17. The third-order valence-corrected chi connectivity index (χ3v) is 3.40. The number of hydrogen-bond acceptors (Lipinski definition) is 1. The predicted molar refractivity (Wildman–Crippen MR) is 77.5 cm³/mol. The molecule has 0 aliphatic heterocycles. The molecule has 0 radical (unpaired) electrons. The third-order valence-electron chi connectivity index (χ3n) is 3.40. The Bertz CT molecular complexity index is 520. The highest BCUT2D eigenvalue weighted by Gasteiger charge is 2.08. The van der Waals surface area contributed by atoms with Crippen molar-refractivity contribution in [2.24, 2.45) is 0 Å². The molecule has 0 amide bonds. The Morgan fingerprint density at radius 1 is 0.900 bits per heavy atom. The summed E-state index contributed by atoms with van der Waals surface area (Å²) in [6, 6.07) is 13.4. The van der Waals surface area contributed by atoms with Crippen LogP contribution in [0.1, 0.15) is 30.5 Å². The van der Waals surface area contributed by atoms with Crippen molar-refractivity contribution in [1.82, 2.24) is 5.32 Å².